The minimum atomic E-state index is -0.436. The predicted octanol–water partition coefficient (Wildman–Crippen LogP) is 1.01. The molecule has 0 aliphatic carbocycles. The quantitative estimate of drug-likeness (QED) is 0.610. The van der Waals surface area contributed by atoms with Crippen LogP contribution in [0.1, 0.15) is 13.8 Å². The van der Waals surface area contributed by atoms with E-state index in [1.165, 1.54) is 0 Å². The molecule has 56 valence electrons. The fraction of sp³-hybridized carbons (Fsp3) is 1.00. The van der Waals surface area contributed by atoms with Crippen molar-refractivity contribution in [2.75, 3.05) is 19.1 Å². The summed E-state index contributed by atoms with van der Waals surface area (Å²) in [7, 11) is 0. The van der Waals surface area contributed by atoms with Crippen LogP contribution in [0.5, 0.6) is 0 Å². The highest BCUT2D eigenvalue weighted by Gasteiger charge is 2.15. The maximum absolute atomic E-state index is 8.65. The molecule has 0 saturated carbocycles. The molecule has 0 amide bonds. The molecule has 0 bridgehead atoms. The lowest BCUT2D eigenvalue weighted by atomic mass is 10.2. The molecule has 0 fully saturated rings. The van der Waals surface area contributed by atoms with Crippen LogP contribution in [0, 0.1) is 0 Å². The van der Waals surface area contributed by atoms with E-state index in [1.54, 1.807) is 0 Å². The second kappa shape index (κ2) is 4.09. The zero-order chi connectivity index (χ0) is 7.33. The molecular weight excluding hydrogens is 140 g/mol. The van der Waals surface area contributed by atoms with Gasteiger partial charge in [0.15, 0.2) is 0 Å². The monoisotopic (exact) mass is 152 g/mol. The Morgan fingerprint density at radius 2 is 2.11 bits per heavy atom. The summed E-state index contributed by atoms with van der Waals surface area (Å²) in [4.78, 5) is 0. The summed E-state index contributed by atoms with van der Waals surface area (Å²) >= 11 is 5.36. The molecule has 2 nitrogen and oxygen atoms in total. The SMILES string of the molecule is CC(C)(CO)OCCCl. The molecule has 0 aromatic carbocycles. The molecular formula is C6H13ClO2. The molecule has 0 unspecified atom stereocenters. The minimum absolute atomic E-state index is 0.0316. The van der Waals surface area contributed by atoms with E-state index in [0.29, 0.717) is 12.5 Å². The van der Waals surface area contributed by atoms with Gasteiger partial charge in [-0.25, -0.2) is 0 Å². The van der Waals surface area contributed by atoms with Crippen molar-refractivity contribution in [3.63, 3.8) is 0 Å². The number of aliphatic hydroxyl groups is 1. The lowest BCUT2D eigenvalue weighted by Crippen LogP contribution is -2.29. The van der Waals surface area contributed by atoms with Crippen molar-refractivity contribution in [2.24, 2.45) is 0 Å². The molecule has 9 heavy (non-hydrogen) atoms. The van der Waals surface area contributed by atoms with E-state index >= 15 is 0 Å². The standard InChI is InChI=1S/C6H13ClO2/c1-6(2,5-8)9-4-3-7/h8H,3-5H2,1-2H3. The lowest BCUT2D eigenvalue weighted by Gasteiger charge is -2.21. The summed E-state index contributed by atoms with van der Waals surface area (Å²) in [6.07, 6.45) is 0. The lowest BCUT2D eigenvalue weighted by molar-refractivity contribution is -0.0467. The van der Waals surface area contributed by atoms with E-state index < -0.39 is 5.60 Å². The van der Waals surface area contributed by atoms with E-state index in [0.717, 1.165) is 0 Å². The molecule has 0 aromatic heterocycles. The summed E-state index contributed by atoms with van der Waals surface area (Å²) in [5, 5.41) is 8.65. The topological polar surface area (TPSA) is 29.5 Å². The van der Waals surface area contributed by atoms with Gasteiger partial charge in [-0.15, -0.1) is 11.6 Å². The Kier molecular flexibility index (Phi) is 4.19. The normalized spacial score (nSPS) is 12.0. The summed E-state index contributed by atoms with van der Waals surface area (Å²) < 4.78 is 5.15. The molecule has 0 aliphatic heterocycles. The fourth-order valence-electron chi connectivity index (χ4n) is 0.361. The van der Waals surface area contributed by atoms with Crippen LogP contribution in [0.2, 0.25) is 0 Å². The summed E-state index contributed by atoms with van der Waals surface area (Å²) in [6, 6.07) is 0. The molecule has 0 aromatic rings. The van der Waals surface area contributed by atoms with E-state index in [2.05, 4.69) is 0 Å². The van der Waals surface area contributed by atoms with Gasteiger partial charge in [-0.2, -0.15) is 0 Å². The van der Waals surface area contributed by atoms with Gasteiger partial charge in [0.25, 0.3) is 0 Å². The third-order valence-corrected chi connectivity index (χ3v) is 1.11. The summed E-state index contributed by atoms with van der Waals surface area (Å²) in [5.41, 5.74) is -0.436. The zero-order valence-corrected chi connectivity index (χ0v) is 6.61. The second-order valence-electron chi connectivity index (χ2n) is 2.46. The Balaban J connectivity index is 3.33. The highest BCUT2D eigenvalue weighted by Crippen LogP contribution is 2.06. The zero-order valence-electron chi connectivity index (χ0n) is 5.85. The maximum Gasteiger partial charge on any atom is 0.0856 e. The highest BCUT2D eigenvalue weighted by molar-refractivity contribution is 6.17. The van der Waals surface area contributed by atoms with Gasteiger partial charge in [-0.05, 0) is 13.8 Å². The first-order valence-electron chi connectivity index (χ1n) is 2.93. The van der Waals surface area contributed by atoms with Crippen molar-refractivity contribution in [3.05, 3.63) is 0 Å². The molecule has 0 saturated heterocycles. The van der Waals surface area contributed by atoms with Gasteiger partial charge < -0.3 is 9.84 Å². The third-order valence-electron chi connectivity index (χ3n) is 0.951. The molecule has 0 heterocycles. The fourth-order valence-corrected chi connectivity index (χ4v) is 0.438. The number of rotatable bonds is 4. The Morgan fingerprint density at radius 3 is 2.44 bits per heavy atom. The molecule has 3 heteroatoms. The van der Waals surface area contributed by atoms with Crippen LogP contribution in [-0.2, 0) is 4.74 Å². The molecule has 0 atom stereocenters. The van der Waals surface area contributed by atoms with Crippen LogP contribution < -0.4 is 0 Å². The molecule has 0 aliphatic rings. The van der Waals surface area contributed by atoms with Gasteiger partial charge in [0, 0.05) is 5.88 Å². The number of ether oxygens (including phenoxy) is 1. The van der Waals surface area contributed by atoms with E-state index in [1.807, 2.05) is 13.8 Å². The Hall–Kier alpha value is 0.210. The van der Waals surface area contributed by atoms with E-state index in [-0.39, 0.29) is 6.61 Å². The van der Waals surface area contributed by atoms with Crippen LogP contribution >= 0.6 is 11.6 Å². The predicted molar refractivity (Wildman–Crippen MR) is 37.8 cm³/mol. The Labute approximate surface area is 60.8 Å². The maximum atomic E-state index is 8.65. The van der Waals surface area contributed by atoms with Crippen LogP contribution in [0.4, 0.5) is 0 Å². The van der Waals surface area contributed by atoms with Crippen LogP contribution in [0.3, 0.4) is 0 Å². The number of alkyl halides is 1. The van der Waals surface area contributed by atoms with Crippen molar-refractivity contribution in [2.45, 2.75) is 19.4 Å². The third kappa shape index (κ3) is 4.70. The summed E-state index contributed by atoms with van der Waals surface area (Å²) in [6.45, 7) is 4.16. The number of hydrogen-bond donors (Lipinski definition) is 1. The van der Waals surface area contributed by atoms with Crippen molar-refractivity contribution in [3.8, 4) is 0 Å². The smallest absolute Gasteiger partial charge is 0.0856 e. The number of halogens is 1. The average Bonchev–Trinajstić information content (AvgIpc) is 1.84. The Morgan fingerprint density at radius 1 is 1.56 bits per heavy atom. The van der Waals surface area contributed by atoms with Gasteiger partial charge in [-0.3, -0.25) is 0 Å². The van der Waals surface area contributed by atoms with Crippen LogP contribution in [0.25, 0.3) is 0 Å². The second-order valence-corrected chi connectivity index (χ2v) is 2.83. The van der Waals surface area contributed by atoms with Crippen molar-refractivity contribution in [1.29, 1.82) is 0 Å². The average molecular weight is 153 g/mol. The Bertz CT molecular complexity index is 73.5. The molecule has 0 spiro atoms. The van der Waals surface area contributed by atoms with Crippen molar-refractivity contribution in [1.82, 2.24) is 0 Å². The summed E-state index contributed by atoms with van der Waals surface area (Å²) in [5.74, 6) is 0.476. The number of aliphatic hydroxyl groups excluding tert-OH is 1. The first-order chi connectivity index (χ1) is 4.12. The number of hydrogen-bond acceptors (Lipinski definition) is 2. The van der Waals surface area contributed by atoms with Gasteiger partial charge in [0.05, 0.1) is 18.8 Å². The highest BCUT2D eigenvalue weighted by atomic mass is 35.5. The molecule has 1 N–H and O–H groups in total. The first-order valence-corrected chi connectivity index (χ1v) is 3.46. The van der Waals surface area contributed by atoms with Gasteiger partial charge >= 0.3 is 0 Å². The van der Waals surface area contributed by atoms with E-state index in [4.69, 9.17) is 21.4 Å². The minimum Gasteiger partial charge on any atom is -0.393 e. The molecule has 0 rings (SSSR count). The van der Waals surface area contributed by atoms with Crippen LogP contribution in [-0.4, -0.2) is 29.8 Å². The van der Waals surface area contributed by atoms with Gasteiger partial charge in [-0.1, -0.05) is 0 Å². The van der Waals surface area contributed by atoms with E-state index in [9.17, 15) is 0 Å². The van der Waals surface area contributed by atoms with Crippen molar-refractivity contribution >= 4 is 11.6 Å². The van der Waals surface area contributed by atoms with Gasteiger partial charge in [0.2, 0.25) is 0 Å². The van der Waals surface area contributed by atoms with Crippen LogP contribution in [0.15, 0.2) is 0 Å². The van der Waals surface area contributed by atoms with Gasteiger partial charge in [0.1, 0.15) is 0 Å². The first kappa shape index (κ1) is 9.21. The molecule has 0 radical (unpaired) electrons. The largest absolute Gasteiger partial charge is 0.393 e. The van der Waals surface area contributed by atoms with Crippen molar-refractivity contribution < 1.29 is 9.84 Å².